The Morgan fingerprint density at radius 1 is 0.346 bits per heavy atom. The van der Waals surface area contributed by atoms with Crippen LogP contribution in [0.3, 0.4) is 0 Å². The molecule has 0 saturated carbocycles. The van der Waals surface area contributed by atoms with E-state index in [2.05, 4.69) is 205 Å². The van der Waals surface area contributed by atoms with E-state index in [0.29, 0.717) is 0 Å². The summed E-state index contributed by atoms with van der Waals surface area (Å²) in [7, 11) is 0. The monoisotopic (exact) mass is 663 g/mol. The van der Waals surface area contributed by atoms with E-state index in [1.165, 1.54) is 49.5 Å². The molecule has 0 bridgehead atoms. The van der Waals surface area contributed by atoms with Gasteiger partial charge in [-0.3, -0.25) is 0 Å². The summed E-state index contributed by atoms with van der Waals surface area (Å²) in [5.41, 5.74) is 12.1. The van der Waals surface area contributed by atoms with Crippen LogP contribution in [0, 0.1) is 0 Å². The molecule has 1 heterocycles. The Labute approximate surface area is 302 Å². The maximum absolute atomic E-state index is 6.83. The second-order valence-electron chi connectivity index (χ2n) is 13.3. The molecule has 0 aliphatic rings. The van der Waals surface area contributed by atoms with Gasteiger partial charge in [-0.1, -0.05) is 158 Å². The van der Waals surface area contributed by atoms with Crippen molar-refractivity contribution in [3.8, 4) is 33.4 Å². The normalized spacial score (nSPS) is 11.5. The van der Waals surface area contributed by atoms with Gasteiger partial charge in [0.25, 0.3) is 0 Å². The highest BCUT2D eigenvalue weighted by atomic mass is 16.3. The smallest absolute Gasteiger partial charge is 0.143 e. The molecule has 2 heteroatoms. The summed E-state index contributed by atoms with van der Waals surface area (Å²) in [4.78, 5) is 2.39. The third-order valence-corrected chi connectivity index (χ3v) is 10.2. The molecule has 0 radical (unpaired) electrons. The van der Waals surface area contributed by atoms with Gasteiger partial charge in [-0.15, -0.1) is 0 Å². The lowest BCUT2D eigenvalue weighted by molar-refractivity contribution is 0.672. The van der Waals surface area contributed by atoms with Crippen molar-refractivity contribution in [2.24, 2.45) is 0 Å². The van der Waals surface area contributed by atoms with E-state index in [-0.39, 0.29) is 0 Å². The van der Waals surface area contributed by atoms with E-state index in [4.69, 9.17) is 4.42 Å². The molecule has 0 spiro atoms. The van der Waals surface area contributed by atoms with Crippen LogP contribution in [0.25, 0.3) is 76.9 Å². The highest BCUT2D eigenvalue weighted by Crippen LogP contribution is 2.47. The van der Waals surface area contributed by atoms with Crippen LogP contribution in [0.5, 0.6) is 0 Å². The molecule has 244 valence electrons. The van der Waals surface area contributed by atoms with Crippen LogP contribution >= 0.6 is 0 Å². The summed E-state index contributed by atoms with van der Waals surface area (Å²) < 4.78 is 6.83. The molecular formula is C50H33NO. The lowest BCUT2D eigenvalue weighted by Crippen LogP contribution is -2.10. The fraction of sp³-hybridized carbons (Fsp3) is 0. The van der Waals surface area contributed by atoms with Gasteiger partial charge in [0.2, 0.25) is 0 Å². The molecule has 9 aromatic carbocycles. The summed E-state index contributed by atoms with van der Waals surface area (Å²) in [5.74, 6) is 0. The van der Waals surface area contributed by atoms with Gasteiger partial charge < -0.3 is 9.32 Å². The molecule has 0 amide bonds. The molecule has 0 aliphatic carbocycles. The van der Waals surface area contributed by atoms with Crippen molar-refractivity contribution in [2.45, 2.75) is 0 Å². The van der Waals surface area contributed by atoms with Gasteiger partial charge in [0, 0.05) is 22.1 Å². The molecule has 0 aliphatic heterocycles. The first-order valence-corrected chi connectivity index (χ1v) is 17.8. The first kappa shape index (κ1) is 30.0. The quantitative estimate of drug-likeness (QED) is 0.176. The fourth-order valence-corrected chi connectivity index (χ4v) is 7.73. The number of furan rings is 1. The van der Waals surface area contributed by atoms with E-state index < -0.39 is 0 Å². The summed E-state index contributed by atoms with van der Waals surface area (Å²) in [6, 6.07) is 71.6. The van der Waals surface area contributed by atoms with Gasteiger partial charge in [0.05, 0.1) is 11.1 Å². The number of hydrogen-bond acceptors (Lipinski definition) is 2. The fourth-order valence-electron chi connectivity index (χ4n) is 7.73. The second-order valence-corrected chi connectivity index (χ2v) is 13.3. The van der Waals surface area contributed by atoms with Gasteiger partial charge in [-0.25, -0.2) is 0 Å². The standard InChI is InChI=1S/C50H33NO/c1-3-13-34(14-4-1)37-25-27-38(28-26-37)45-33-46-49-47(23-12-24-48(49)52-50(46)44-22-10-9-21-43(44)45)51(42-30-29-36-17-7-8-18-39(36)32-42)41-20-11-19-40(31-41)35-15-5-2-6-16-35/h1-33H. The average molecular weight is 664 g/mol. The van der Waals surface area contributed by atoms with E-state index in [1.807, 2.05) is 0 Å². The molecular weight excluding hydrogens is 631 g/mol. The lowest BCUT2D eigenvalue weighted by atomic mass is 9.93. The number of hydrogen-bond donors (Lipinski definition) is 0. The van der Waals surface area contributed by atoms with Crippen LogP contribution in [0.1, 0.15) is 0 Å². The van der Waals surface area contributed by atoms with Crippen molar-refractivity contribution in [1.29, 1.82) is 0 Å². The molecule has 0 atom stereocenters. The third-order valence-electron chi connectivity index (χ3n) is 10.2. The molecule has 2 nitrogen and oxygen atoms in total. The molecule has 10 rings (SSSR count). The van der Waals surface area contributed by atoms with Crippen molar-refractivity contribution in [1.82, 2.24) is 0 Å². The van der Waals surface area contributed by atoms with Crippen LogP contribution in [-0.4, -0.2) is 0 Å². The number of benzene rings is 9. The highest BCUT2D eigenvalue weighted by molar-refractivity contribution is 6.22. The van der Waals surface area contributed by atoms with E-state index >= 15 is 0 Å². The van der Waals surface area contributed by atoms with Gasteiger partial charge in [-0.2, -0.15) is 0 Å². The van der Waals surface area contributed by atoms with Crippen molar-refractivity contribution in [3.63, 3.8) is 0 Å². The van der Waals surface area contributed by atoms with Gasteiger partial charge in [-0.05, 0) is 92.0 Å². The summed E-state index contributed by atoms with van der Waals surface area (Å²) in [6.45, 7) is 0. The summed E-state index contributed by atoms with van der Waals surface area (Å²) >= 11 is 0. The Balaban J connectivity index is 1.22. The Bertz CT molecular complexity index is 2890. The molecule has 0 fully saturated rings. The average Bonchev–Trinajstić information content (AvgIpc) is 3.61. The number of fused-ring (bicyclic) bond motifs is 6. The first-order chi connectivity index (χ1) is 25.8. The van der Waals surface area contributed by atoms with Crippen LogP contribution in [-0.2, 0) is 0 Å². The molecule has 0 saturated heterocycles. The zero-order valence-corrected chi connectivity index (χ0v) is 28.4. The first-order valence-electron chi connectivity index (χ1n) is 17.8. The SMILES string of the molecule is c1ccc(-c2ccc(-c3cc4c(oc5cccc(N(c6cccc(-c7ccccc7)c6)c6ccc7ccccc7c6)c54)c4ccccc34)cc2)cc1. The number of rotatable bonds is 6. The van der Waals surface area contributed by atoms with Crippen LogP contribution in [0.15, 0.2) is 205 Å². The highest BCUT2D eigenvalue weighted by Gasteiger charge is 2.22. The van der Waals surface area contributed by atoms with Crippen molar-refractivity contribution in [2.75, 3.05) is 4.90 Å². The van der Waals surface area contributed by atoms with Gasteiger partial charge >= 0.3 is 0 Å². The third kappa shape index (κ3) is 5.12. The number of anilines is 3. The largest absolute Gasteiger partial charge is 0.455 e. The van der Waals surface area contributed by atoms with Crippen molar-refractivity contribution >= 4 is 60.5 Å². The van der Waals surface area contributed by atoms with Gasteiger partial charge in [0.1, 0.15) is 11.2 Å². The second kappa shape index (κ2) is 12.5. The predicted molar refractivity (Wildman–Crippen MR) is 220 cm³/mol. The van der Waals surface area contributed by atoms with Crippen molar-refractivity contribution in [3.05, 3.63) is 200 Å². The van der Waals surface area contributed by atoms with E-state index in [9.17, 15) is 0 Å². The molecule has 0 unspecified atom stereocenters. The lowest BCUT2D eigenvalue weighted by Gasteiger charge is -2.27. The minimum atomic E-state index is 0.860. The predicted octanol–water partition coefficient (Wildman–Crippen LogP) is 14.4. The maximum Gasteiger partial charge on any atom is 0.143 e. The van der Waals surface area contributed by atoms with Gasteiger partial charge in [0.15, 0.2) is 0 Å². The summed E-state index contributed by atoms with van der Waals surface area (Å²) in [6.07, 6.45) is 0. The summed E-state index contributed by atoms with van der Waals surface area (Å²) in [5, 5.41) is 6.86. The molecule has 1 aromatic heterocycles. The Morgan fingerprint density at radius 3 is 1.73 bits per heavy atom. The Hall–Kier alpha value is -6.90. The van der Waals surface area contributed by atoms with Crippen LogP contribution in [0.4, 0.5) is 17.1 Å². The zero-order chi connectivity index (χ0) is 34.4. The zero-order valence-electron chi connectivity index (χ0n) is 28.4. The van der Waals surface area contributed by atoms with Crippen LogP contribution < -0.4 is 4.90 Å². The minimum Gasteiger partial charge on any atom is -0.455 e. The van der Waals surface area contributed by atoms with E-state index in [1.54, 1.807) is 0 Å². The Kier molecular flexibility index (Phi) is 7.18. The van der Waals surface area contributed by atoms with E-state index in [0.717, 1.165) is 44.4 Å². The molecule has 0 N–H and O–H groups in total. The topological polar surface area (TPSA) is 16.4 Å². The van der Waals surface area contributed by atoms with Crippen LogP contribution in [0.2, 0.25) is 0 Å². The maximum atomic E-state index is 6.83. The molecule has 10 aromatic rings. The molecule has 52 heavy (non-hydrogen) atoms. The minimum absolute atomic E-state index is 0.860. The Morgan fingerprint density at radius 2 is 0.942 bits per heavy atom. The number of nitrogens with zero attached hydrogens (tertiary/aromatic N) is 1. The van der Waals surface area contributed by atoms with Crippen molar-refractivity contribution < 1.29 is 4.42 Å².